The molecule has 1 saturated carbocycles. The predicted octanol–water partition coefficient (Wildman–Crippen LogP) is 1.64. The third kappa shape index (κ3) is 6.76. The average Bonchev–Trinajstić information content (AvgIpc) is 2.44. The van der Waals surface area contributed by atoms with Gasteiger partial charge in [0, 0.05) is 17.8 Å². The first-order valence-corrected chi connectivity index (χ1v) is 9.02. The SMILES string of the molecule is CSC(CO)C(C)NCC(O)COC1CCCC(C)C1. The van der Waals surface area contributed by atoms with Gasteiger partial charge < -0.3 is 20.3 Å². The summed E-state index contributed by atoms with van der Waals surface area (Å²) >= 11 is 1.64. The molecule has 0 spiro atoms. The number of aliphatic hydroxyl groups excluding tert-OH is 2. The normalized spacial score (nSPS) is 28.1. The van der Waals surface area contributed by atoms with Crippen molar-refractivity contribution >= 4 is 11.8 Å². The molecule has 0 bridgehead atoms. The van der Waals surface area contributed by atoms with Crippen LogP contribution >= 0.6 is 11.8 Å². The number of hydrogen-bond donors (Lipinski definition) is 3. The van der Waals surface area contributed by atoms with Gasteiger partial charge in [0.25, 0.3) is 0 Å². The highest BCUT2D eigenvalue weighted by atomic mass is 32.2. The first kappa shape index (κ1) is 18.2. The van der Waals surface area contributed by atoms with Gasteiger partial charge in [-0.25, -0.2) is 0 Å². The van der Waals surface area contributed by atoms with Gasteiger partial charge in [0.2, 0.25) is 0 Å². The molecule has 20 heavy (non-hydrogen) atoms. The highest BCUT2D eigenvalue weighted by Gasteiger charge is 2.21. The van der Waals surface area contributed by atoms with Crippen molar-refractivity contribution in [3.63, 3.8) is 0 Å². The first-order chi connectivity index (χ1) is 9.56. The number of aliphatic hydroxyl groups is 2. The van der Waals surface area contributed by atoms with E-state index >= 15 is 0 Å². The molecule has 5 atom stereocenters. The number of thioether (sulfide) groups is 1. The van der Waals surface area contributed by atoms with Gasteiger partial charge in [-0.15, -0.1) is 0 Å². The van der Waals surface area contributed by atoms with E-state index in [4.69, 9.17) is 4.74 Å². The van der Waals surface area contributed by atoms with Gasteiger partial charge in [0.15, 0.2) is 0 Å². The van der Waals surface area contributed by atoms with E-state index in [1.54, 1.807) is 11.8 Å². The molecule has 0 saturated heterocycles. The monoisotopic (exact) mass is 305 g/mol. The molecule has 0 aromatic rings. The van der Waals surface area contributed by atoms with E-state index in [0.717, 1.165) is 18.8 Å². The van der Waals surface area contributed by atoms with Gasteiger partial charge in [0.1, 0.15) is 0 Å². The van der Waals surface area contributed by atoms with Gasteiger partial charge in [-0.1, -0.05) is 19.8 Å². The molecular weight excluding hydrogens is 274 g/mol. The molecule has 0 aliphatic heterocycles. The van der Waals surface area contributed by atoms with Gasteiger partial charge in [-0.3, -0.25) is 0 Å². The summed E-state index contributed by atoms with van der Waals surface area (Å²) in [6, 6.07) is 0.180. The van der Waals surface area contributed by atoms with Crippen LogP contribution in [-0.2, 0) is 4.74 Å². The maximum Gasteiger partial charge on any atom is 0.0897 e. The van der Waals surface area contributed by atoms with Crippen molar-refractivity contribution in [2.45, 2.75) is 63.0 Å². The average molecular weight is 305 g/mol. The van der Waals surface area contributed by atoms with Crippen molar-refractivity contribution in [2.75, 3.05) is 26.0 Å². The summed E-state index contributed by atoms with van der Waals surface area (Å²) < 4.78 is 5.82. The molecule has 3 N–H and O–H groups in total. The lowest BCUT2D eigenvalue weighted by Gasteiger charge is -2.28. The van der Waals surface area contributed by atoms with Crippen LogP contribution in [0.1, 0.15) is 39.5 Å². The Bertz CT molecular complexity index is 245. The second-order valence-electron chi connectivity index (χ2n) is 6.03. The fourth-order valence-electron chi connectivity index (χ4n) is 2.73. The minimum atomic E-state index is -0.476. The van der Waals surface area contributed by atoms with Crippen LogP contribution in [0.15, 0.2) is 0 Å². The zero-order valence-electron chi connectivity index (χ0n) is 13.0. The summed E-state index contributed by atoms with van der Waals surface area (Å²) in [7, 11) is 0. The molecule has 4 nitrogen and oxygen atoms in total. The van der Waals surface area contributed by atoms with Crippen LogP contribution in [0.3, 0.4) is 0 Å². The van der Waals surface area contributed by atoms with Crippen molar-refractivity contribution in [3.05, 3.63) is 0 Å². The molecule has 1 aliphatic rings. The first-order valence-electron chi connectivity index (χ1n) is 7.73. The summed E-state index contributed by atoms with van der Waals surface area (Å²) in [5.74, 6) is 0.746. The van der Waals surface area contributed by atoms with Crippen LogP contribution in [0.5, 0.6) is 0 Å². The summed E-state index contributed by atoms with van der Waals surface area (Å²) in [6.07, 6.45) is 6.62. The van der Waals surface area contributed by atoms with Crippen LogP contribution in [0, 0.1) is 5.92 Å². The Morgan fingerprint density at radius 1 is 1.40 bits per heavy atom. The lowest BCUT2D eigenvalue weighted by molar-refractivity contribution is -0.0311. The Labute approximate surface area is 127 Å². The molecule has 1 aliphatic carbocycles. The minimum absolute atomic E-state index is 0.155. The second kappa shape index (κ2) is 10.0. The second-order valence-corrected chi connectivity index (χ2v) is 7.11. The summed E-state index contributed by atoms with van der Waals surface area (Å²) in [5.41, 5.74) is 0. The van der Waals surface area contributed by atoms with Gasteiger partial charge in [0.05, 0.1) is 25.4 Å². The molecule has 1 fully saturated rings. The molecule has 0 aromatic heterocycles. The van der Waals surface area contributed by atoms with Crippen molar-refractivity contribution in [1.82, 2.24) is 5.32 Å². The number of rotatable bonds is 9. The highest BCUT2D eigenvalue weighted by molar-refractivity contribution is 7.99. The molecule has 5 unspecified atom stereocenters. The summed E-state index contributed by atoms with van der Waals surface area (Å²) in [5, 5.41) is 22.6. The van der Waals surface area contributed by atoms with Crippen molar-refractivity contribution < 1.29 is 14.9 Å². The van der Waals surface area contributed by atoms with Gasteiger partial charge >= 0.3 is 0 Å². The van der Waals surface area contributed by atoms with E-state index in [9.17, 15) is 10.2 Å². The maximum absolute atomic E-state index is 9.96. The third-order valence-corrected chi connectivity index (χ3v) is 5.29. The van der Waals surface area contributed by atoms with Crippen molar-refractivity contribution in [1.29, 1.82) is 0 Å². The van der Waals surface area contributed by atoms with Crippen LogP contribution < -0.4 is 5.32 Å². The summed E-state index contributed by atoms with van der Waals surface area (Å²) in [4.78, 5) is 0. The van der Waals surface area contributed by atoms with E-state index in [-0.39, 0.29) is 17.9 Å². The predicted molar refractivity (Wildman–Crippen MR) is 85.2 cm³/mol. The topological polar surface area (TPSA) is 61.7 Å². The molecule has 0 amide bonds. The fraction of sp³-hybridized carbons (Fsp3) is 1.00. The molecule has 0 radical (unpaired) electrons. The van der Waals surface area contributed by atoms with Crippen molar-refractivity contribution in [2.24, 2.45) is 5.92 Å². The lowest BCUT2D eigenvalue weighted by Crippen LogP contribution is -2.42. The number of hydrogen-bond acceptors (Lipinski definition) is 5. The quantitative estimate of drug-likeness (QED) is 0.604. The Hall–Kier alpha value is 0.190. The molecule has 0 heterocycles. The number of nitrogens with one attached hydrogen (secondary N) is 1. The smallest absolute Gasteiger partial charge is 0.0897 e. The van der Waals surface area contributed by atoms with E-state index in [2.05, 4.69) is 12.2 Å². The molecule has 0 aromatic carbocycles. The van der Waals surface area contributed by atoms with Gasteiger partial charge in [-0.05, 0) is 31.9 Å². The van der Waals surface area contributed by atoms with E-state index < -0.39 is 6.10 Å². The fourth-order valence-corrected chi connectivity index (χ4v) is 3.38. The minimum Gasteiger partial charge on any atom is -0.395 e. The molecule has 1 rings (SSSR count). The lowest BCUT2D eigenvalue weighted by atomic mass is 9.89. The van der Waals surface area contributed by atoms with E-state index in [1.165, 1.54) is 12.8 Å². The van der Waals surface area contributed by atoms with E-state index in [1.807, 2.05) is 13.2 Å². The molecular formula is C15H31NO3S. The zero-order valence-corrected chi connectivity index (χ0v) is 13.9. The Morgan fingerprint density at radius 3 is 2.75 bits per heavy atom. The Balaban J connectivity index is 2.15. The van der Waals surface area contributed by atoms with Gasteiger partial charge in [-0.2, -0.15) is 11.8 Å². The van der Waals surface area contributed by atoms with Crippen molar-refractivity contribution in [3.8, 4) is 0 Å². The third-order valence-electron chi connectivity index (χ3n) is 4.13. The standard InChI is InChI=1S/C15H31NO3S/c1-11-5-4-6-14(7-11)19-10-13(18)8-16-12(2)15(9-17)20-3/h11-18H,4-10H2,1-3H3. The largest absolute Gasteiger partial charge is 0.395 e. The van der Waals surface area contributed by atoms with Crippen LogP contribution in [0.25, 0.3) is 0 Å². The van der Waals surface area contributed by atoms with E-state index in [0.29, 0.717) is 19.3 Å². The number of ether oxygens (including phenoxy) is 1. The van der Waals surface area contributed by atoms with Crippen LogP contribution in [-0.4, -0.2) is 59.7 Å². The summed E-state index contributed by atoms with van der Waals surface area (Å²) in [6.45, 7) is 5.38. The van der Waals surface area contributed by atoms with Crippen LogP contribution in [0.2, 0.25) is 0 Å². The molecule has 120 valence electrons. The maximum atomic E-state index is 9.96. The Kier molecular flexibility index (Phi) is 9.13. The zero-order chi connectivity index (χ0) is 15.0. The highest BCUT2D eigenvalue weighted by Crippen LogP contribution is 2.25. The Morgan fingerprint density at radius 2 is 2.15 bits per heavy atom. The van der Waals surface area contributed by atoms with Crippen LogP contribution in [0.4, 0.5) is 0 Å². The molecule has 5 heteroatoms.